The van der Waals surface area contributed by atoms with Crippen molar-refractivity contribution in [1.82, 2.24) is 20.4 Å². The largest absolute Gasteiger partial charge is 0.488 e. The molecule has 0 radical (unpaired) electrons. The van der Waals surface area contributed by atoms with Crippen molar-refractivity contribution in [2.45, 2.75) is 142 Å². The number of rotatable bonds is 28. The highest BCUT2D eigenvalue weighted by molar-refractivity contribution is 7.19. The first-order chi connectivity index (χ1) is 25.3. The van der Waals surface area contributed by atoms with Crippen LogP contribution in [0, 0.1) is 0 Å². The van der Waals surface area contributed by atoms with Crippen LogP contribution in [0.1, 0.15) is 142 Å². The lowest BCUT2D eigenvalue weighted by Crippen LogP contribution is -2.03. The molecule has 5 aromatic heterocycles. The van der Waals surface area contributed by atoms with Crippen LogP contribution in [0.4, 0.5) is 0 Å². The number of unbranched alkanes of at least 4 members (excludes halogenated alkanes) is 18. The number of nitrogens with zero attached hydrogens (tertiary/aromatic N) is 4. The highest BCUT2D eigenvalue weighted by Crippen LogP contribution is 2.52. The number of hydrogen-bond donors (Lipinski definition) is 0. The standard InChI is InChI=1S/C40H56N4O4S3/c1-3-5-7-9-11-13-15-17-19-21-27-45-33-34(46-28-22-20-18-16-14-12-10-8-6-4-2)36(40-44-42-38(48-40)32-26-24-30-50-32)51-35(33)39-43-41-37(47-39)31-25-23-29-49-31/h23-26,29-30H,3-22,27-28H2,1-2H3. The number of thiophene rings is 3. The van der Waals surface area contributed by atoms with Crippen molar-refractivity contribution < 1.29 is 18.3 Å². The van der Waals surface area contributed by atoms with Crippen molar-refractivity contribution in [2.24, 2.45) is 0 Å². The van der Waals surface area contributed by atoms with Gasteiger partial charge >= 0.3 is 0 Å². The van der Waals surface area contributed by atoms with Crippen molar-refractivity contribution in [2.75, 3.05) is 13.2 Å². The third-order valence-corrected chi connectivity index (χ3v) is 11.9. The summed E-state index contributed by atoms with van der Waals surface area (Å²) in [6, 6.07) is 7.93. The second-order valence-corrected chi connectivity index (χ2v) is 16.2. The average molecular weight is 753 g/mol. The topological polar surface area (TPSA) is 96.3 Å². The van der Waals surface area contributed by atoms with Gasteiger partial charge in [-0.15, -0.1) is 54.4 Å². The maximum atomic E-state index is 6.60. The molecule has 0 aromatic carbocycles. The molecule has 0 fully saturated rings. The Morgan fingerprint density at radius 3 is 1.18 bits per heavy atom. The van der Waals surface area contributed by atoms with Crippen molar-refractivity contribution in [1.29, 1.82) is 0 Å². The first-order valence-electron chi connectivity index (χ1n) is 19.5. The molecule has 0 saturated heterocycles. The van der Waals surface area contributed by atoms with Gasteiger partial charge in [-0.05, 0) is 35.7 Å². The van der Waals surface area contributed by atoms with Gasteiger partial charge in [0, 0.05) is 0 Å². The Morgan fingerprint density at radius 2 is 0.824 bits per heavy atom. The van der Waals surface area contributed by atoms with E-state index in [-0.39, 0.29) is 0 Å². The molecule has 0 spiro atoms. The van der Waals surface area contributed by atoms with Gasteiger partial charge in [-0.25, -0.2) is 0 Å². The van der Waals surface area contributed by atoms with Crippen LogP contribution < -0.4 is 9.47 Å². The highest BCUT2D eigenvalue weighted by Gasteiger charge is 2.30. The summed E-state index contributed by atoms with van der Waals surface area (Å²) in [6.07, 6.45) is 25.3. The fourth-order valence-electron chi connectivity index (χ4n) is 6.10. The average Bonchev–Trinajstić information content (AvgIpc) is 3.99. The molecule has 0 unspecified atom stereocenters. The summed E-state index contributed by atoms with van der Waals surface area (Å²) in [6.45, 7) is 5.69. The summed E-state index contributed by atoms with van der Waals surface area (Å²) in [5.74, 6) is 3.01. The molecule has 0 aliphatic rings. The van der Waals surface area contributed by atoms with E-state index < -0.39 is 0 Å². The second-order valence-electron chi connectivity index (χ2n) is 13.3. The molecular weight excluding hydrogens is 697 g/mol. The fourth-order valence-corrected chi connectivity index (χ4v) is 8.42. The second kappa shape index (κ2) is 22.8. The molecule has 0 bridgehead atoms. The van der Waals surface area contributed by atoms with Gasteiger partial charge in [-0.3, -0.25) is 0 Å². The van der Waals surface area contributed by atoms with Crippen molar-refractivity contribution in [3.05, 3.63) is 35.0 Å². The molecule has 0 amide bonds. The van der Waals surface area contributed by atoms with Crippen molar-refractivity contribution >= 4 is 34.0 Å². The maximum Gasteiger partial charge on any atom is 0.262 e. The Kier molecular flexibility index (Phi) is 17.5. The van der Waals surface area contributed by atoms with Gasteiger partial charge in [0.25, 0.3) is 23.6 Å². The van der Waals surface area contributed by atoms with Gasteiger partial charge in [-0.1, -0.05) is 142 Å². The van der Waals surface area contributed by atoms with E-state index in [0.717, 1.165) is 45.2 Å². The lowest BCUT2D eigenvalue weighted by molar-refractivity contribution is 0.261. The zero-order valence-electron chi connectivity index (χ0n) is 30.7. The normalized spacial score (nSPS) is 11.5. The van der Waals surface area contributed by atoms with Gasteiger partial charge < -0.3 is 18.3 Å². The Labute approximate surface area is 316 Å². The first kappa shape index (κ1) is 39.2. The molecule has 8 nitrogen and oxygen atoms in total. The predicted molar refractivity (Wildman–Crippen MR) is 212 cm³/mol. The first-order valence-corrected chi connectivity index (χ1v) is 22.0. The van der Waals surface area contributed by atoms with Crippen LogP contribution in [-0.4, -0.2) is 33.6 Å². The van der Waals surface area contributed by atoms with E-state index in [1.165, 1.54) is 114 Å². The number of hydrogen-bond acceptors (Lipinski definition) is 11. The number of ether oxygens (including phenoxy) is 2. The minimum Gasteiger partial charge on any atom is -0.488 e. The van der Waals surface area contributed by atoms with E-state index in [0.29, 0.717) is 48.3 Å². The van der Waals surface area contributed by atoms with Crippen LogP contribution in [0.15, 0.2) is 43.9 Å². The lowest BCUT2D eigenvalue weighted by Gasteiger charge is -2.11. The smallest absolute Gasteiger partial charge is 0.262 e. The third-order valence-electron chi connectivity index (χ3n) is 9.01. The Bertz CT molecular complexity index is 1490. The summed E-state index contributed by atoms with van der Waals surface area (Å²) >= 11 is 4.58. The summed E-state index contributed by atoms with van der Waals surface area (Å²) in [5.41, 5.74) is 0. The molecule has 5 heterocycles. The van der Waals surface area contributed by atoms with Crippen LogP contribution in [-0.2, 0) is 0 Å². The van der Waals surface area contributed by atoms with Crippen LogP contribution in [0.2, 0.25) is 0 Å². The van der Waals surface area contributed by atoms with E-state index in [9.17, 15) is 0 Å². The molecule has 278 valence electrons. The SMILES string of the molecule is CCCCCCCCCCCCOc1c(-c2nnc(-c3cccs3)o2)sc(-c2nnc(-c3cccs3)o2)c1OCCCCCCCCCCCC. The summed E-state index contributed by atoms with van der Waals surface area (Å²) in [5, 5.41) is 21.7. The zero-order valence-corrected chi connectivity index (χ0v) is 33.1. The Balaban J connectivity index is 1.28. The molecule has 0 saturated carbocycles. The molecule has 0 atom stereocenters. The molecular formula is C40H56N4O4S3. The summed E-state index contributed by atoms with van der Waals surface area (Å²) < 4.78 is 25.7. The van der Waals surface area contributed by atoms with E-state index in [4.69, 9.17) is 18.3 Å². The number of aromatic nitrogens is 4. The van der Waals surface area contributed by atoms with Gasteiger partial charge in [-0.2, -0.15) is 0 Å². The minimum absolute atomic E-state index is 0.398. The Hall–Kier alpha value is -3.02. The van der Waals surface area contributed by atoms with Gasteiger partial charge in [0.15, 0.2) is 11.5 Å². The lowest BCUT2D eigenvalue weighted by atomic mass is 10.1. The van der Waals surface area contributed by atoms with Gasteiger partial charge in [0.1, 0.15) is 9.75 Å². The molecule has 0 aliphatic heterocycles. The van der Waals surface area contributed by atoms with E-state index in [1.54, 1.807) is 22.7 Å². The van der Waals surface area contributed by atoms with Crippen LogP contribution in [0.25, 0.3) is 43.1 Å². The Morgan fingerprint density at radius 1 is 0.471 bits per heavy atom. The predicted octanol–water partition coefficient (Wildman–Crippen LogP) is 13.9. The van der Waals surface area contributed by atoms with Crippen LogP contribution >= 0.6 is 34.0 Å². The molecule has 51 heavy (non-hydrogen) atoms. The van der Waals surface area contributed by atoms with E-state index >= 15 is 0 Å². The van der Waals surface area contributed by atoms with Crippen molar-refractivity contribution in [3.63, 3.8) is 0 Å². The molecule has 0 aliphatic carbocycles. The summed E-state index contributed by atoms with van der Waals surface area (Å²) in [4.78, 5) is 3.30. The molecule has 5 rings (SSSR count). The maximum absolute atomic E-state index is 6.60. The highest BCUT2D eigenvalue weighted by atomic mass is 32.1. The summed E-state index contributed by atoms with van der Waals surface area (Å²) in [7, 11) is 0. The van der Waals surface area contributed by atoms with Crippen molar-refractivity contribution in [3.8, 4) is 54.6 Å². The van der Waals surface area contributed by atoms with E-state index in [1.807, 2.05) is 35.0 Å². The third kappa shape index (κ3) is 12.6. The van der Waals surface area contributed by atoms with Crippen LogP contribution in [0.5, 0.6) is 11.5 Å². The fraction of sp³-hybridized carbons (Fsp3) is 0.600. The minimum atomic E-state index is 0.398. The van der Waals surface area contributed by atoms with Gasteiger partial charge in [0.2, 0.25) is 0 Å². The molecule has 5 aromatic rings. The van der Waals surface area contributed by atoms with Gasteiger partial charge in [0.05, 0.1) is 23.0 Å². The van der Waals surface area contributed by atoms with E-state index in [2.05, 4.69) is 34.2 Å². The monoisotopic (exact) mass is 752 g/mol. The quantitative estimate of drug-likeness (QED) is 0.0466. The molecule has 11 heteroatoms. The molecule has 0 N–H and O–H groups in total. The zero-order chi connectivity index (χ0) is 35.4. The van der Waals surface area contributed by atoms with Crippen LogP contribution in [0.3, 0.4) is 0 Å².